The fourth-order valence-electron chi connectivity index (χ4n) is 6.06. The third kappa shape index (κ3) is 10.8. The SMILES string of the molecule is COP(=O)(CS(=O)(=O)c1ccc(NC(=O)c2nc(-c3ccc(F)cc3)cnc2N)cc1)OCc1ccc(-c2cnc(N)c(C(=O)Nc3ccc(S(=O)(=O)CC4COC4)cc3)n2)cc1. The number of halogens is 1. The number of nitrogens with one attached hydrogen (secondary N) is 2. The highest BCUT2D eigenvalue weighted by molar-refractivity contribution is 7.97. The van der Waals surface area contributed by atoms with Gasteiger partial charge in [-0.25, -0.2) is 41.2 Å². The first-order valence-corrected chi connectivity index (χ1v) is 23.8. The Morgan fingerprint density at radius 2 is 1.19 bits per heavy atom. The quantitative estimate of drug-likeness (QED) is 0.0858. The maximum atomic E-state index is 13.5. The number of carbonyl (C=O) groups is 2. The number of rotatable bonds is 16. The molecule has 1 fully saturated rings. The number of hydrogen-bond acceptors (Lipinski definition) is 16. The lowest BCUT2D eigenvalue weighted by Gasteiger charge is -2.25. The first kappa shape index (κ1) is 44.6. The van der Waals surface area contributed by atoms with Gasteiger partial charge in [0.2, 0.25) is 0 Å². The zero-order valence-electron chi connectivity index (χ0n) is 33.2. The van der Waals surface area contributed by atoms with Crippen molar-refractivity contribution in [3.63, 3.8) is 0 Å². The van der Waals surface area contributed by atoms with E-state index in [9.17, 15) is 35.4 Å². The molecule has 63 heavy (non-hydrogen) atoms. The summed E-state index contributed by atoms with van der Waals surface area (Å²) >= 11 is 0. The predicted molar refractivity (Wildman–Crippen MR) is 230 cm³/mol. The van der Waals surface area contributed by atoms with Crippen LogP contribution in [-0.4, -0.2) is 80.2 Å². The number of benzene rings is 4. The summed E-state index contributed by atoms with van der Waals surface area (Å²) < 4.78 is 94.7. The Balaban J connectivity index is 0.945. The molecule has 6 aromatic rings. The van der Waals surface area contributed by atoms with E-state index >= 15 is 0 Å². The topological polar surface area (TPSA) is 275 Å². The van der Waals surface area contributed by atoms with Gasteiger partial charge >= 0.3 is 7.60 Å². The monoisotopic (exact) mass is 916 g/mol. The van der Waals surface area contributed by atoms with E-state index in [1.54, 1.807) is 24.3 Å². The van der Waals surface area contributed by atoms with Crippen LogP contribution in [0, 0.1) is 11.7 Å². The van der Waals surface area contributed by atoms with Crippen LogP contribution in [-0.2, 0) is 44.6 Å². The van der Waals surface area contributed by atoms with Crippen LogP contribution in [0.15, 0.2) is 119 Å². The zero-order chi connectivity index (χ0) is 44.9. The Hall–Kier alpha value is -6.48. The Morgan fingerprint density at radius 3 is 1.63 bits per heavy atom. The van der Waals surface area contributed by atoms with Gasteiger partial charge in [0.15, 0.2) is 48.2 Å². The lowest BCUT2D eigenvalue weighted by molar-refractivity contribution is -0.0204. The van der Waals surface area contributed by atoms with Gasteiger partial charge in [-0.1, -0.05) is 24.3 Å². The Bertz CT molecular complexity index is 2940. The minimum atomic E-state index is -4.25. The molecule has 0 saturated carbocycles. The van der Waals surface area contributed by atoms with Crippen LogP contribution in [0.5, 0.6) is 0 Å². The molecular weight excluding hydrogens is 879 g/mol. The summed E-state index contributed by atoms with van der Waals surface area (Å²) in [5.41, 5.74) is 13.1. The van der Waals surface area contributed by atoms with E-state index < -0.39 is 50.4 Å². The number of ether oxygens (including phenoxy) is 1. The fourth-order valence-corrected chi connectivity index (χ4v) is 11.6. The molecule has 326 valence electrons. The van der Waals surface area contributed by atoms with Crippen LogP contribution in [0.4, 0.5) is 27.4 Å². The average molecular weight is 917 g/mol. The van der Waals surface area contributed by atoms with E-state index in [1.165, 1.54) is 85.2 Å². The molecule has 2 amide bonds. The number of amides is 2. The van der Waals surface area contributed by atoms with Crippen LogP contribution in [0.3, 0.4) is 0 Å². The number of nitrogen functional groups attached to an aromatic ring is 2. The highest BCUT2D eigenvalue weighted by Crippen LogP contribution is 2.50. The fraction of sp³-hybridized carbons (Fsp3) is 0.171. The lowest BCUT2D eigenvalue weighted by atomic mass is 10.1. The van der Waals surface area contributed by atoms with E-state index in [2.05, 4.69) is 30.6 Å². The van der Waals surface area contributed by atoms with Crippen LogP contribution in [0.1, 0.15) is 26.5 Å². The largest absolute Gasteiger partial charge is 0.382 e. The van der Waals surface area contributed by atoms with E-state index in [0.29, 0.717) is 35.6 Å². The van der Waals surface area contributed by atoms with Gasteiger partial charge in [0.1, 0.15) is 5.82 Å². The second-order valence-electron chi connectivity index (χ2n) is 14.1. The number of aromatic nitrogens is 4. The van der Waals surface area contributed by atoms with Gasteiger partial charge < -0.3 is 35.9 Å². The first-order valence-electron chi connectivity index (χ1n) is 18.8. The van der Waals surface area contributed by atoms with Crippen molar-refractivity contribution in [2.24, 2.45) is 5.92 Å². The van der Waals surface area contributed by atoms with Crippen LogP contribution in [0.2, 0.25) is 0 Å². The Kier molecular flexibility index (Phi) is 13.1. The predicted octanol–water partition coefficient (Wildman–Crippen LogP) is 5.62. The molecule has 1 aliphatic heterocycles. The molecule has 4 aromatic carbocycles. The smallest absolute Gasteiger partial charge is 0.346 e. The van der Waals surface area contributed by atoms with Crippen molar-refractivity contribution in [2.45, 2.75) is 16.4 Å². The van der Waals surface area contributed by atoms with Gasteiger partial charge in [-0.15, -0.1) is 0 Å². The van der Waals surface area contributed by atoms with Crippen LogP contribution < -0.4 is 22.1 Å². The second kappa shape index (κ2) is 18.5. The molecule has 3 heterocycles. The number of carbonyl (C=O) groups excluding carboxylic acids is 2. The second-order valence-corrected chi connectivity index (χ2v) is 20.7. The van der Waals surface area contributed by atoms with E-state index in [0.717, 1.165) is 7.11 Å². The van der Waals surface area contributed by atoms with Crippen molar-refractivity contribution in [3.05, 3.63) is 132 Å². The molecule has 0 aliphatic carbocycles. The number of hydrogen-bond donors (Lipinski definition) is 4. The summed E-state index contributed by atoms with van der Waals surface area (Å²) in [6, 6.07) is 22.7. The third-order valence-electron chi connectivity index (χ3n) is 9.56. The number of sulfone groups is 2. The minimum Gasteiger partial charge on any atom is -0.382 e. The zero-order valence-corrected chi connectivity index (χ0v) is 35.7. The average Bonchev–Trinajstić information content (AvgIpc) is 3.25. The Labute approximate surface area is 360 Å². The number of nitrogens with two attached hydrogens (primary N) is 2. The van der Waals surface area contributed by atoms with Gasteiger partial charge in [-0.2, -0.15) is 0 Å². The van der Waals surface area contributed by atoms with Gasteiger partial charge in [-0.3, -0.25) is 14.2 Å². The lowest BCUT2D eigenvalue weighted by Crippen LogP contribution is -2.33. The molecule has 6 N–H and O–H groups in total. The highest BCUT2D eigenvalue weighted by Gasteiger charge is 2.33. The molecule has 22 heteroatoms. The molecule has 0 spiro atoms. The van der Waals surface area contributed by atoms with Crippen LogP contribution in [0.25, 0.3) is 22.5 Å². The Morgan fingerprint density at radius 1 is 0.730 bits per heavy atom. The summed E-state index contributed by atoms with van der Waals surface area (Å²) in [7, 11) is -10.9. The molecule has 2 aromatic heterocycles. The molecule has 7 rings (SSSR count). The van der Waals surface area contributed by atoms with Gasteiger partial charge in [-0.05, 0) is 78.4 Å². The van der Waals surface area contributed by atoms with Crippen molar-refractivity contribution >= 4 is 62.1 Å². The summed E-state index contributed by atoms with van der Waals surface area (Å²) in [5.74, 6) is -2.23. The van der Waals surface area contributed by atoms with Crippen molar-refractivity contribution < 1.29 is 49.2 Å². The van der Waals surface area contributed by atoms with Gasteiger partial charge in [0.25, 0.3) is 11.8 Å². The molecule has 1 aliphatic rings. The van der Waals surface area contributed by atoms with E-state index in [1.807, 2.05) is 0 Å². The normalized spacial score (nSPS) is 14.0. The van der Waals surface area contributed by atoms with Crippen molar-refractivity contribution in [3.8, 4) is 22.5 Å². The van der Waals surface area contributed by atoms with Crippen molar-refractivity contribution in [1.82, 2.24) is 19.9 Å². The molecule has 1 atom stereocenters. The number of nitrogens with zero attached hydrogens (tertiary/aromatic N) is 4. The van der Waals surface area contributed by atoms with E-state index in [-0.39, 0.29) is 68.2 Å². The molecular formula is C41H38FN8O10PS2. The maximum absolute atomic E-state index is 13.5. The molecule has 0 radical (unpaired) electrons. The van der Waals surface area contributed by atoms with E-state index in [4.69, 9.17) is 25.3 Å². The summed E-state index contributed by atoms with van der Waals surface area (Å²) in [6.45, 7) is 0.512. The highest BCUT2D eigenvalue weighted by atomic mass is 32.2. The van der Waals surface area contributed by atoms with Crippen LogP contribution >= 0.6 is 7.60 Å². The van der Waals surface area contributed by atoms with Crippen molar-refractivity contribution in [2.75, 3.05) is 53.7 Å². The number of anilines is 4. The van der Waals surface area contributed by atoms with Gasteiger partial charge in [0, 0.05) is 35.5 Å². The minimum absolute atomic E-state index is 0.0260. The maximum Gasteiger partial charge on any atom is 0.346 e. The molecule has 1 saturated heterocycles. The standard InChI is InChI=1S/C41H38FN8O10PS2/c1-58-61(53,24-63(56,57)33-16-12-31(13-17-33)48-41(52)37-39(44)46-19-35(50-37)28-6-8-29(42)9-7-28)60-22-25-2-4-27(5-3-25)34-18-45-38(43)36(49-34)40(51)47-30-10-14-32(15-11-30)62(54,55)23-26-20-59-21-26/h2-19,26H,20-24H2,1H3,(H2,43,45)(H2,44,46)(H,47,51)(H,48,52). The summed E-state index contributed by atoms with van der Waals surface area (Å²) in [6.07, 6.45) is 2.71. The molecule has 1 unspecified atom stereocenters. The van der Waals surface area contributed by atoms with Gasteiger partial charge in [0.05, 0.1) is 59.1 Å². The van der Waals surface area contributed by atoms with Crippen molar-refractivity contribution in [1.29, 1.82) is 0 Å². The first-order chi connectivity index (χ1) is 30.0. The molecule has 18 nitrogen and oxygen atoms in total. The summed E-state index contributed by atoms with van der Waals surface area (Å²) in [4.78, 5) is 42.9. The molecule has 0 bridgehead atoms. The summed E-state index contributed by atoms with van der Waals surface area (Å²) in [5, 5.41) is 5.23. The third-order valence-corrected chi connectivity index (χ3v) is 16.2.